The molecule has 0 fully saturated rings. The Morgan fingerprint density at radius 3 is 3.45 bits per heavy atom. The lowest BCUT2D eigenvalue weighted by atomic mass is 10.0. The predicted molar refractivity (Wildman–Crippen MR) is 43.7 cm³/mol. The van der Waals surface area contributed by atoms with Crippen LogP contribution in [0.15, 0.2) is 18.2 Å². The molecule has 0 spiro atoms. The van der Waals surface area contributed by atoms with E-state index >= 15 is 0 Å². The Labute approximate surface area is 67.0 Å². The average molecular weight is 147 g/mol. The SMILES string of the molecule is CC1CCc2ccc[c]c2O1. The Kier molecular flexibility index (Phi) is 1.57. The van der Waals surface area contributed by atoms with Gasteiger partial charge in [-0.1, -0.05) is 18.2 Å². The summed E-state index contributed by atoms with van der Waals surface area (Å²) in [5, 5.41) is 0. The summed E-state index contributed by atoms with van der Waals surface area (Å²) in [6, 6.07) is 9.12. The fraction of sp³-hybridized carbons (Fsp3) is 0.400. The van der Waals surface area contributed by atoms with Crippen molar-refractivity contribution in [3.8, 4) is 5.75 Å². The Morgan fingerprint density at radius 2 is 2.55 bits per heavy atom. The molecule has 57 valence electrons. The van der Waals surface area contributed by atoms with Crippen LogP contribution in [0, 0.1) is 6.07 Å². The van der Waals surface area contributed by atoms with E-state index in [9.17, 15) is 0 Å². The lowest BCUT2D eigenvalue weighted by Gasteiger charge is -2.22. The summed E-state index contributed by atoms with van der Waals surface area (Å²) in [7, 11) is 0. The van der Waals surface area contributed by atoms with Crippen LogP contribution in [0.4, 0.5) is 0 Å². The number of ether oxygens (including phenoxy) is 1. The third-order valence-electron chi connectivity index (χ3n) is 2.04. The lowest BCUT2D eigenvalue weighted by Crippen LogP contribution is -2.18. The molecule has 0 amide bonds. The number of fused-ring (bicyclic) bond motifs is 1. The molecule has 2 rings (SSSR count). The minimum absolute atomic E-state index is 0.362. The Balaban J connectivity index is 2.34. The van der Waals surface area contributed by atoms with Crippen molar-refractivity contribution < 1.29 is 4.74 Å². The van der Waals surface area contributed by atoms with E-state index in [2.05, 4.69) is 19.1 Å². The summed E-state index contributed by atoms with van der Waals surface area (Å²) in [4.78, 5) is 0. The van der Waals surface area contributed by atoms with Crippen molar-refractivity contribution in [2.45, 2.75) is 25.9 Å². The van der Waals surface area contributed by atoms with Crippen LogP contribution in [0.1, 0.15) is 18.9 Å². The quantitative estimate of drug-likeness (QED) is 0.546. The molecule has 1 aliphatic rings. The Hall–Kier alpha value is -0.980. The van der Waals surface area contributed by atoms with Crippen LogP contribution in [0.3, 0.4) is 0 Å². The maximum Gasteiger partial charge on any atom is 0.130 e. The third kappa shape index (κ3) is 1.23. The summed E-state index contributed by atoms with van der Waals surface area (Å²) < 4.78 is 5.58. The number of hydrogen-bond acceptors (Lipinski definition) is 1. The van der Waals surface area contributed by atoms with Crippen LogP contribution in [0.5, 0.6) is 5.75 Å². The molecule has 0 aromatic heterocycles. The topological polar surface area (TPSA) is 9.23 Å². The highest BCUT2D eigenvalue weighted by molar-refractivity contribution is 5.33. The minimum atomic E-state index is 0.362. The largest absolute Gasteiger partial charge is 0.490 e. The maximum atomic E-state index is 5.58. The van der Waals surface area contributed by atoms with Crippen molar-refractivity contribution in [1.29, 1.82) is 0 Å². The summed E-state index contributed by atoms with van der Waals surface area (Å²) in [5.41, 5.74) is 1.30. The molecule has 1 aromatic carbocycles. The fourth-order valence-electron chi connectivity index (χ4n) is 1.38. The van der Waals surface area contributed by atoms with Crippen molar-refractivity contribution in [2.75, 3.05) is 0 Å². The van der Waals surface area contributed by atoms with E-state index < -0.39 is 0 Å². The first-order valence-electron chi connectivity index (χ1n) is 4.02. The van der Waals surface area contributed by atoms with Gasteiger partial charge in [-0.25, -0.2) is 0 Å². The molecule has 0 saturated carbocycles. The van der Waals surface area contributed by atoms with Crippen LogP contribution in [0.25, 0.3) is 0 Å². The number of aryl methyl sites for hydroxylation is 1. The molecule has 1 nitrogen and oxygen atoms in total. The Morgan fingerprint density at radius 1 is 1.64 bits per heavy atom. The highest BCUT2D eigenvalue weighted by Crippen LogP contribution is 2.25. The monoisotopic (exact) mass is 147 g/mol. The van der Waals surface area contributed by atoms with Gasteiger partial charge in [-0.15, -0.1) is 0 Å². The Bertz CT molecular complexity index is 255. The van der Waals surface area contributed by atoms with Crippen LogP contribution in [0.2, 0.25) is 0 Å². The fourth-order valence-corrected chi connectivity index (χ4v) is 1.38. The number of benzene rings is 1. The molecule has 1 unspecified atom stereocenters. The summed E-state index contributed by atoms with van der Waals surface area (Å²) in [6.45, 7) is 2.10. The van der Waals surface area contributed by atoms with Crippen LogP contribution in [-0.2, 0) is 6.42 Å². The minimum Gasteiger partial charge on any atom is -0.490 e. The van der Waals surface area contributed by atoms with Gasteiger partial charge in [0.05, 0.1) is 6.10 Å². The number of hydrogen-bond donors (Lipinski definition) is 0. The van der Waals surface area contributed by atoms with Gasteiger partial charge in [0.25, 0.3) is 0 Å². The van der Waals surface area contributed by atoms with Crippen molar-refractivity contribution in [1.82, 2.24) is 0 Å². The van der Waals surface area contributed by atoms with Gasteiger partial charge < -0.3 is 4.74 Å². The maximum absolute atomic E-state index is 5.58. The van der Waals surface area contributed by atoms with Gasteiger partial charge in [0.1, 0.15) is 5.75 Å². The van der Waals surface area contributed by atoms with Crippen molar-refractivity contribution in [3.63, 3.8) is 0 Å². The lowest BCUT2D eigenvalue weighted by molar-refractivity contribution is 0.192. The van der Waals surface area contributed by atoms with Crippen LogP contribution >= 0.6 is 0 Å². The first kappa shape index (κ1) is 6.71. The standard InChI is InChI=1S/C10H11O/c1-8-6-7-9-4-2-3-5-10(9)11-8/h2-4,8H,6-7H2,1H3. The van der Waals surface area contributed by atoms with Crippen molar-refractivity contribution >= 4 is 0 Å². The summed E-state index contributed by atoms with van der Waals surface area (Å²) in [5.74, 6) is 0.950. The molecule has 1 aliphatic heterocycles. The van der Waals surface area contributed by atoms with E-state index in [0.717, 1.165) is 18.6 Å². The second-order valence-corrected chi connectivity index (χ2v) is 2.99. The zero-order chi connectivity index (χ0) is 7.68. The van der Waals surface area contributed by atoms with Gasteiger partial charge in [0, 0.05) is 6.07 Å². The third-order valence-corrected chi connectivity index (χ3v) is 2.04. The van der Waals surface area contributed by atoms with Gasteiger partial charge in [-0.2, -0.15) is 0 Å². The molecule has 0 bridgehead atoms. The summed E-state index contributed by atoms with van der Waals surface area (Å²) >= 11 is 0. The molecule has 1 atom stereocenters. The normalized spacial score (nSPS) is 22.1. The van der Waals surface area contributed by atoms with Gasteiger partial charge in [-0.05, 0) is 25.3 Å². The molecule has 1 heterocycles. The second-order valence-electron chi connectivity index (χ2n) is 2.99. The summed E-state index contributed by atoms with van der Waals surface area (Å²) in [6.07, 6.45) is 2.62. The highest BCUT2D eigenvalue weighted by Gasteiger charge is 2.14. The van der Waals surface area contributed by atoms with Gasteiger partial charge in [0.2, 0.25) is 0 Å². The van der Waals surface area contributed by atoms with E-state index in [1.54, 1.807) is 0 Å². The van der Waals surface area contributed by atoms with Crippen molar-refractivity contribution in [2.24, 2.45) is 0 Å². The molecule has 1 aromatic rings. The second kappa shape index (κ2) is 2.57. The molecule has 1 heteroatoms. The number of para-hydroxylation sites is 1. The molecule has 0 saturated heterocycles. The van der Waals surface area contributed by atoms with Gasteiger partial charge >= 0.3 is 0 Å². The molecule has 1 radical (unpaired) electrons. The first-order valence-corrected chi connectivity index (χ1v) is 4.02. The van der Waals surface area contributed by atoms with E-state index in [4.69, 9.17) is 4.74 Å². The number of rotatable bonds is 0. The van der Waals surface area contributed by atoms with E-state index in [0.29, 0.717) is 6.10 Å². The van der Waals surface area contributed by atoms with E-state index in [1.807, 2.05) is 12.1 Å². The van der Waals surface area contributed by atoms with Gasteiger partial charge in [0.15, 0.2) is 0 Å². The zero-order valence-corrected chi connectivity index (χ0v) is 6.63. The molecule has 0 aliphatic carbocycles. The molecular formula is C10H11O. The molecular weight excluding hydrogens is 136 g/mol. The molecule has 11 heavy (non-hydrogen) atoms. The van der Waals surface area contributed by atoms with Crippen LogP contribution < -0.4 is 4.74 Å². The smallest absolute Gasteiger partial charge is 0.130 e. The van der Waals surface area contributed by atoms with E-state index in [-0.39, 0.29) is 0 Å². The average Bonchev–Trinajstić information content (AvgIpc) is 2.04. The first-order chi connectivity index (χ1) is 5.36. The van der Waals surface area contributed by atoms with Crippen molar-refractivity contribution in [3.05, 3.63) is 29.8 Å². The molecule has 0 N–H and O–H groups in total. The van der Waals surface area contributed by atoms with Crippen LogP contribution in [-0.4, -0.2) is 6.10 Å². The predicted octanol–water partition coefficient (Wildman–Crippen LogP) is 2.20. The highest BCUT2D eigenvalue weighted by atomic mass is 16.5. The zero-order valence-electron chi connectivity index (χ0n) is 6.63. The van der Waals surface area contributed by atoms with E-state index in [1.165, 1.54) is 5.56 Å². The van der Waals surface area contributed by atoms with Gasteiger partial charge in [-0.3, -0.25) is 0 Å².